The standard InChI is InChI=1S/C19H20O4/c1-14-7-3-4-10-18(14)22-12-6-11-19(21)23-17-9-5-8-16(13-17)15(2)20/h3-5,7-10,13H,6,11-12H2,1-2H3. The van der Waals surface area contributed by atoms with Gasteiger partial charge in [0.15, 0.2) is 5.78 Å². The zero-order valence-electron chi connectivity index (χ0n) is 13.4. The molecule has 4 nitrogen and oxygen atoms in total. The average molecular weight is 312 g/mol. The number of Topliss-reactive ketones (excluding diaryl/α,β-unsaturated/α-hetero) is 1. The van der Waals surface area contributed by atoms with Gasteiger partial charge in [0, 0.05) is 12.0 Å². The van der Waals surface area contributed by atoms with Crippen LogP contribution in [0, 0.1) is 6.92 Å². The van der Waals surface area contributed by atoms with Crippen LogP contribution in [0.3, 0.4) is 0 Å². The first-order valence-corrected chi connectivity index (χ1v) is 7.56. The molecule has 0 atom stereocenters. The highest BCUT2D eigenvalue weighted by molar-refractivity contribution is 5.94. The summed E-state index contributed by atoms with van der Waals surface area (Å²) in [6, 6.07) is 14.4. The molecule has 0 radical (unpaired) electrons. The summed E-state index contributed by atoms with van der Waals surface area (Å²) in [6.07, 6.45) is 0.829. The summed E-state index contributed by atoms with van der Waals surface area (Å²) in [5.74, 6) is 0.825. The van der Waals surface area contributed by atoms with Crippen LogP contribution in [-0.4, -0.2) is 18.4 Å². The van der Waals surface area contributed by atoms with Crippen LogP contribution < -0.4 is 9.47 Å². The van der Waals surface area contributed by atoms with E-state index in [0.717, 1.165) is 11.3 Å². The minimum atomic E-state index is -0.334. The van der Waals surface area contributed by atoms with Crippen molar-refractivity contribution in [3.05, 3.63) is 59.7 Å². The predicted molar refractivity (Wildman–Crippen MR) is 88.0 cm³/mol. The Kier molecular flexibility index (Phi) is 5.92. The summed E-state index contributed by atoms with van der Waals surface area (Å²) < 4.78 is 10.9. The van der Waals surface area contributed by atoms with Crippen molar-refractivity contribution in [2.45, 2.75) is 26.7 Å². The summed E-state index contributed by atoms with van der Waals surface area (Å²) >= 11 is 0. The molecule has 0 aliphatic carbocycles. The van der Waals surface area contributed by atoms with E-state index >= 15 is 0 Å². The van der Waals surface area contributed by atoms with Gasteiger partial charge in [-0.2, -0.15) is 0 Å². The van der Waals surface area contributed by atoms with Crippen LogP contribution in [0.25, 0.3) is 0 Å². The lowest BCUT2D eigenvalue weighted by molar-refractivity contribution is -0.134. The van der Waals surface area contributed by atoms with Crippen LogP contribution in [0.15, 0.2) is 48.5 Å². The number of carbonyl (C=O) groups excluding carboxylic acids is 2. The second kappa shape index (κ2) is 8.13. The Bertz CT molecular complexity index is 691. The molecule has 120 valence electrons. The number of hydrogen-bond donors (Lipinski definition) is 0. The maximum Gasteiger partial charge on any atom is 0.311 e. The van der Waals surface area contributed by atoms with E-state index in [-0.39, 0.29) is 18.2 Å². The number of hydrogen-bond acceptors (Lipinski definition) is 4. The van der Waals surface area contributed by atoms with Gasteiger partial charge in [0.05, 0.1) is 6.61 Å². The summed E-state index contributed by atoms with van der Waals surface area (Å²) in [4.78, 5) is 23.1. The summed E-state index contributed by atoms with van der Waals surface area (Å²) in [7, 11) is 0. The summed E-state index contributed by atoms with van der Waals surface area (Å²) in [6.45, 7) is 3.91. The monoisotopic (exact) mass is 312 g/mol. The van der Waals surface area contributed by atoms with Crippen molar-refractivity contribution in [2.75, 3.05) is 6.61 Å². The molecule has 2 aromatic rings. The van der Waals surface area contributed by atoms with Gasteiger partial charge in [0.1, 0.15) is 11.5 Å². The van der Waals surface area contributed by atoms with Crippen molar-refractivity contribution in [3.63, 3.8) is 0 Å². The van der Waals surface area contributed by atoms with E-state index < -0.39 is 0 Å². The van der Waals surface area contributed by atoms with Gasteiger partial charge in [-0.25, -0.2) is 0 Å². The van der Waals surface area contributed by atoms with Gasteiger partial charge in [-0.05, 0) is 44.0 Å². The second-order valence-electron chi connectivity index (χ2n) is 5.28. The minimum absolute atomic E-state index is 0.0606. The normalized spacial score (nSPS) is 10.2. The van der Waals surface area contributed by atoms with Gasteiger partial charge in [0.2, 0.25) is 0 Å². The van der Waals surface area contributed by atoms with E-state index in [1.165, 1.54) is 6.92 Å². The molecule has 0 saturated heterocycles. The fraction of sp³-hybridized carbons (Fsp3) is 0.263. The third-order valence-electron chi connectivity index (χ3n) is 3.35. The van der Waals surface area contributed by atoms with Gasteiger partial charge in [-0.3, -0.25) is 9.59 Å². The van der Waals surface area contributed by atoms with Gasteiger partial charge in [-0.1, -0.05) is 30.3 Å². The quantitative estimate of drug-likeness (QED) is 0.336. The molecule has 0 fully saturated rings. The van der Waals surface area contributed by atoms with Crippen LogP contribution in [-0.2, 0) is 4.79 Å². The number of carbonyl (C=O) groups is 2. The van der Waals surface area contributed by atoms with E-state index in [0.29, 0.717) is 24.3 Å². The molecular formula is C19H20O4. The lowest BCUT2D eigenvalue weighted by Crippen LogP contribution is -2.10. The fourth-order valence-corrected chi connectivity index (χ4v) is 2.08. The Balaban J connectivity index is 1.76. The molecule has 0 saturated carbocycles. The predicted octanol–water partition coefficient (Wildman–Crippen LogP) is 3.96. The molecule has 23 heavy (non-hydrogen) atoms. The number of ether oxygens (including phenoxy) is 2. The first kappa shape index (κ1) is 16.7. The lowest BCUT2D eigenvalue weighted by Gasteiger charge is -2.09. The zero-order chi connectivity index (χ0) is 16.7. The first-order valence-electron chi connectivity index (χ1n) is 7.56. The Labute approximate surface area is 136 Å². The molecule has 2 aromatic carbocycles. The molecule has 0 amide bonds. The minimum Gasteiger partial charge on any atom is -0.493 e. The molecule has 0 aromatic heterocycles. The fourth-order valence-electron chi connectivity index (χ4n) is 2.08. The van der Waals surface area contributed by atoms with Crippen molar-refractivity contribution in [1.29, 1.82) is 0 Å². The maximum atomic E-state index is 11.8. The molecule has 0 aliphatic heterocycles. The number of esters is 1. The highest BCUT2D eigenvalue weighted by atomic mass is 16.5. The number of para-hydroxylation sites is 1. The van der Waals surface area contributed by atoms with Crippen molar-refractivity contribution in [2.24, 2.45) is 0 Å². The molecule has 0 bridgehead atoms. The molecule has 0 N–H and O–H groups in total. The topological polar surface area (TPSA) is 52.6 Å². The third kappa shape index (κ3) is 5.25. The van der Waals surface area contributed by atoms with E-state index in [4.69, 9.17) is 9.47 Å². The van der Waals surface area contributed by atoms with E-state index in [1.54, 1.807) is 24.3 Å². The third-order valence-corrected chi connectivity index (χ3v) is 3.35. The number of aryl methyl sites for hydroxylation is 1. The van der Waals surface area contributed by atoms with Gasteiger partial charge < -0.3 is 9.47 Å². The van der Waals surface area contributed by atoms with Crippen LogP contribution in [0.2, 0.25) is 0 Å². The van der Waals surface area contributed by atoms with Crippen molar-refractivity contribution >= 4 is 11.8 Å². The van der Waals surface area contributed by atoms with Crippen LogP contribution >= 0.6 is 0 Å². The van der Waals surface area contributed by atoms with Gasteiger partial charge >= 0.3 is 5.97 Å². The SMILES string of the molecule is CC(=O)c1cccc(OC(=O)CCCOc2ccccc2C)c1. The Hall–Kier alpha value is -2.62. The van der Waals surface area contributed by atoms with Crippen molar-refractivity contribution in [3.8, 4) is 11.5 Å². The summed E-state index contributed by atoms with van der Waals surface area (Å²) in [5, 5.41) is 0. The highest BCUT2D eigenvalue weighted by Gasteiger charge is 2.07. The molecule has 0 spiro atoms. The van der Waals surface area contributed by atoms with Crippen LogP contribution in [0.1, 0.15) is 35.7 Å². The Morgan fingerprint density at radius 2 is 1.83 bits per heavy atom. The zero-order valence-corrected chi connectivity index (χ0v) is 13.4. The number of benzene rings is 2. The van der Waals surface area contributed by atoms with E-state index in [1.807, 2.05) is 31.2 Å². The highest BCUT2D eigenvalue weighted by Crippen LogP contribution is 2.17. The van der Waals surface area contributed by atoms with Gasteiger partial charge in [-0.15, -0.1) is 0 Å². The Morgan fingerprint density at radius 1 is 1.04 bits per heavy atom. The van der Waals surface area contributed by atoms with Gasteiger partial charge in [0.25, 0.3) is 0 Å². The largest absolute Gasteiger partial charge is 0.493 e. The van der Waals surface area contributed by atoms with Crippen LogP contribution in [0.4, 0.5) is 0 Å². The molecule has 2 rings (SSSR count). The molecular weight excluding hydrogens is 292 g/mol. The maximum absolute atomic E-state index is 11.8. The lowest BCUT2D eigenvalue weighted by atomic mass is 10.1. The molecule has 0 aliphatic rings. The van der Waals surface area contributed by atoms with E-state index in [9.17, 15) is 9.59 Å². The molecule has 4 heteroatoms. The number of rotatable bonds is 7. The summed E-state index contributed by atoms with van der Waals surface area (Å²) in [5.41, 5.74) is 1.59. The molecule has 0 unspecified atom stereocenters. The average Bonchev–Trinajstić information content (AvgIpc) is 2.53. The smallest absolute Gasteiger partial charge is 0.311 e. The Morgan fingerprint density at radius 3 is 2.57 bits per heavy atom. The van der Waals surface area contributed by atoms with Crippen molar-refractivity contribution < 1.29 is 19.1 Å². The van der Waals surface area contributed by atoms with Crippen LogP contribution in [0.5, 0.6) is 11.5 Å². The van der Waals surface area contributed by atoms with Crippen molar-refractivity contribution in [1.82, 2.24) is 0 Å². The number of ketones is 1. The van der Waals surface area contributed by atoms with E-state index in [2.05, 4.69) is 0 Å². The second-order valence-corrected chi connectivity index (χ2v) is 5.28. The first-order chi connectivity index (χ1) is 11.1. The molecule has 0 heterocycles.